The Morgan fingerprint density at radius 2 is 0.868 bits per heavy atom. The van der Waals surface area contributed by atoms with Gasteiger partial charge < -0.3 is 8.83 Å². The second kappa shape index (κ2) is 10.2. The second-order valence-electron chi connectivity index (χ2n) is 15.1. The Kier molecular flexibility index (Phi) is 5.60. The van der Waals surface area contributed by atoms with Crippen LogP contribution in [0.15, 0.2) is 167 Å². The number of hydrogen-bond donors (Lipinski definition) is 0. The zero-order valence-electron chi connectivity index (χ0n) is 29.3. The van der Waals surface area contributed by atoms with E-state index >= 15 is 0 Å². The van der Waals surface area contributed by atoms with Gasteiger partial charge in [0, 0.05) is 27.0 Å². The molecule has 0 unspecified atom stereocenters. The van der Waals surface area contributed by atoms with Crippen LogP contribution >= 0.6 is 0 Å². The lowest BCUT2D eigenvalue weighted by molar-refractivity contribution is 0.660. The van der Waals surface area contributed by atoms with Gasteiger partial charge in [0.15, 0.2) is 0 Å². The first-order chi connectivity index (χ1) is 26.1. The van der Waals surface area contributed by atoms with Crippen LogP contribution in [0.1, 0.15) is 25.0 Å². The lowest BCUT2D eigenvalue weighted by Crippen LogP contribution is -2.14. The minimum absolute atomic E-state index is 0.0746. The predicted molar refractivity (Wildman–Crippen MR) is 222 cm³/mol. The standard InChI is InChI=1S/C51H32O2/c1-51(2)41-21-11-9-13-31(41)32-25-23-30(28-42(32)51)46-35-16-5-3-14-33(35)45(34-15-4-6-17-36(34)46)29-24-26-44-40(27-29)47-37-18-7-8-19-38(37)49-48(50(47)53-44)39-20-10-12-22-43(39)52-49/h3-28H,1-2H3. The molecule has 0 spiro atoms. The highest BCUT2D eigenvalue weighted by molar-refractivity contribution is 6.34. The third-order valence-electron chi connectivity index (χ3n) is 12.0. The first kappa shape index (κ1) is 29.0. The monoisotopic (exact) mass is 676 g/mol. The molecule has 2 nitrogen and oxygen atoms in total. The van der Waals surface area contributed by atoms with Crippen LogP contribution < -0.4 is 0 Å². The van der Waals surface area contributed by atoms with Crippen LogP contribution in [0.5, 0.6) is 0 Å². The van der Waals surface area contributed by atoms with E-state index in [2.05, 4.69) is 159 Å². The van der Waals surface area contributed by atoms with Gasteiger partial charge in [-0.15, -0.1) is 0 Å². The Balaban J connectivity index is 1.15. The Labute approximate surface area is 305 Å². The van der Waals surface area contributed by atoms with Crippen LogP contribution in [-0.2, 0) is 5.41 Å². The van der Waals surface area contributed by atoms with E-state index < -0.39 is 0 Å². The number of furan rings is 2. The van der Waals surface area contributed by atoms with Crippen molar-refractivity contribution in [3.8, 4) is 33.4 Å². The van der Waals surface area contributed by atoms with Crippen molar-refractivity contribution in [3.63, 3.8) is 0 Å². The molecule has 0 radical (unpaired) electrons. The highest BCUT2D eigenvalue weighted by Gasteiger charge is 2.35. The number of fused-ring (bicyclic) bond motifs is 15. The number of para-hydroxylation sites is 1. The molecular formula is C51H32O2. The molecule has 2 heterocycles. The molecule has 2 heteroatoms. The van der Waals surface area contributed by atoms with Crippen molar-refractivity contribution in [2.75, 3.05) is 0 Å². The minimum Gasteiger partial charge on any atom is -0.455 e. The van der Waals surface area contributed by atoms with Gasteiger partial charge in [-0.2, -0.15) is 0 Å². The second-order valence-corrected chi connectivity index (χ2v) is 15.1. The lowest BCUT2D eigenvalue weighted by Gasteiger charge is -2.23. The summed E-state index contributed by atoms with van der Waals surface area (Å²) in [6, 6.07) is 57.5. The maximum absolute atomic E-state index is 6.80. The van der Waals surface area contributed by atoms with Crippen molar-refractivity contribution in [3.05, 3.63) is 169 Å². The van der Waals surface area contributed by atoms with E-state index in [-0.39, 0.29) is 5.41 Å². The zero-order chi connectivity index (χ0) is 35.0. The highest BCUT2D eigenvalue weighted by atomic mass is 16.3. The molecule has 0 fully saturated rings. The lowest BCUT2D eigenvalue weighted by atomic mass is 9.80. The highest BCUT2D eigenvalue weighted by Crippen LogP contribution is 2.52. The Hall–Kier alpha value is -6.64. The molecule has 9 aromatic carbocycles. The maximum atomic E-state index is 6.80. The average Bonchev–Trinajstić information content (AvgIpc) is 3.85. The van der Waals surface area contributed by atoms with Crippen LogP contribution in [0, 0.1) is 0 Å². The summed E-state index contributed by atoms with van der Waals surface area (Å²) in [4.78, 5) is 0. The molecule has 12 rings (SSSR count). The number of hydrogen-bond acceptors (Lipinski definition) is 2. The van der Waals surface area contributed by atoms with Gasteiger partial charge in [0.2, 0.25) is 0 Å². The van der Waals surface area contributed by atoms with Crippen molar-refractivity contribution < 1.29 is 8.83 Å². The topological polar surface area (TPSA) is 26.3 Å². The number of rotatable bonds is 2. The average molecular weight is 677 g/mol. The zero-order valence-corrected chi connectivity index (χ0v) is 29.3. The van der Waals surface area contributed by atoms with Gasteiger partial charge in [-0.25, -0.2) is 0 Å². The van der Waals surface area contributed by atoms with E-state index in [1.807, 2.05) is 12.1 Å². The van der Waals surface area contributed by atoms with E-state index in [0.29, 0.717) is 0 Å². The van der Waals surface area contributed by atoms with E-state index in [1.165, 1.54) is 66.1 Å². The first-order valence-electron chi connectivity index (χ1n) is 18.4. The molecule has 0 atom stereocenters. The molecule has 2 aromatic heterocycles. The third-order valence-corrected chi connectivity index (χ3v) is 12.0. The molecule has 1 aliphatic rings. The van der Waals surface area contributed by atoms with Crippen LogP contribution in [0.3, 0.4) is 0 Å². The Morgan fingerprint density at radius 1 is 0.358 bits per heavy atom. The Morgan fingerprint density at radius 3 is 1.58 bits per heavy atom. The fourth-order valence-corrected chi connectivity index (χ4v) is 9.67. The van der Waals surface area contributed by atoms with E-state index in [0.717, 1.165) is 54.6 Å². The molecule has 0 amide bonds. The first-order valence-corrected chi connectivity index (χ1v) is 18.4. The van der Waals surface area contributed by atoms with Crippen LogP contribution in [0.4, 0.5) is 0 Å². The van der Waals surface area contributed by atoms with E-state index in [1.54, 1.807) is 0 Å². The summed E-state index contributed by atoms with van der Waals surface area (Å²) < 4.78 is 13.3. The Bertz CT molecular complexity index is 3310. The molecule has 1 aliphatic carbocycles. The molecule has 248 valence electrons. The summed E-state index contributed by atoms with van der Waals surface area (Å²) in [6.07, 6.45) is 0. The SMILES string of the molecule is CC1(C)c2ccccc2-c2ccc(-c3c4ccccc4c(-c4ccc5oc6c(c5c4)c4ccccc4c4oc5ccccc5c46)c4ccccc34)cc21. The van der Waals surface area contributed by atoms with Crippen molar-refractivity contribution in [1.29, 1.82) is 0 Å². The van der Waals surface area contributed by atoms with Crippen molar-refractivity contribution in [2.24, 2.45) is 0 Å². The van der Waals surface area contributed by atoms with Gasteiger partial charge in [0.25, 0.3) is 0 Å². The van der Waals surface area contributed by atoms with Gasteiger partial charge in [0.05, 0.1) is 5.39 Å². The summed E-state index contributed by atoms with van der Waals surface area (Å²) in [5.41, 5.74) is 13.8. The molecule has 0 bridgehead atoms. The van der Waals surface area contributed by atoms with Gasteiger partial charge in [-0.1, -0.05) is 147 Å². The maximum Gasteiger partial charge on any atom is 0.147 e. The van der Waals surface area contributed by atoms with Gasteiger partial charge in [-0.3, -0.25) is 0 Å². The summed E-state index contributed by atoms with van der Waals surface area (Å²) in [5.74, 6) is 0. The van der Waals surface area contributed by atoms with Gasteiger partial charge in [-0.05, 0) is 95.7 Å². The minimum atomic E-state index is -0.0746. The molecular weight excluding hydrogens is 645 g/mol. The van der Waals surface area contributed by atoms with Crippen LogP contribution in [0.2, 0.25) is 0 Å². The molecule has 0 aliphatic heterocycles. The normalized spacial score (nSPS) is 13.6. The largest absolute Gasteiger partial charge is 0.455 e. The van der Waals surface area contributed by atoms with Crippen molar-refractivity contribution >= 4 is 76.2 Å². The molecule has 0 saturated carbocycles. The van der Waals surface area contributed by atoms with Gasteiger partial charge in [0.1, 0.15) is 22.3 Å². The molecule has 53 heavy (non-hydrogen) atoms. The summed E-state index contributed by atoms with van der Waals surface area (Å²) >= 11 is 0. The quantitative estimate of drug-likeness (QED) is 0.170. The summed E-state index contributed by atoms with van der Waals surface area (Å²) in [5, 5.41) is 11.6. The van der Waals surface area contributed by atoms with Crippen LogP contribution in [0.25, 0.3) is 110 Å². The molecule has 11 aromatic rings. The summed E-state index contributed by atoms with van der Waals surface area (Å²) in [7, 11) is 0. The van der Waals surface area contributed by atoms with Crippen molar-refractivity contribution in [2.45, 2.75) is 19.3 Å². The van der Waals surface area contributed by atoms with Crippen LogP contribution in [-0.4, -0.2) is 0 Å². The smallest absolute Gasteiger partial charge is 0.147 e. The fraction of sp³-hybridized carbons (Fsp3) is 0.0588. The number of benzene rings is 9. The van der Waals surface area contributed by atoms with E-state index in [9.17, 15) is 0 Å². The van der Waals surface area contributed by atoms with E-state index in [4.69, 9.17) is 8.83 Å². The summed E-state index contributed by atoms with van der Waals surface area (Å²) in [6.45, 7) is 4.72. The predicted octanol–water partition coefficient (Wildman–Crippen LogP) is 14.6. The van der Waals surface area contributed by atoms with Gasteiger partial charge >= 0.3 is 0 Å². The molecule has 0 saturated heterocycles. The fourth-order valence-electron chi connectivity index (χ4n) is 9.67. The van der Waals surface area contributed by atoms with Crippen molar-refractivity contribution in [1.82, 2.24) is 0 Å². The third kappa shape index (κ3) is 3.77. The molecule has 0 N–H and O–H groups in total.